The highest BCUT2D eigenvalue weighted by Gasteiger charge is 2.07. The second kappa shape index (κ2) is 7.92. The van der Waals surface area contributed by atoms with E-state index in [4.69, 9.17) is 0 Å². The van der Waals surface area contributed by atoms with Gasteiger partial charge in [0.2, 0.25) is 0 Å². The molecule has 0 bridgehead atoms. The number of amides is 2. The summed E-state index contributed by atoms with van der Waals surface area (Å²) in [5, 5.41) is 8.70. The minimum atomic E-state index is -0.221. The van der Waals surface area contributed by atoms with Crippen molar-refractivity contribution in [3.63, 3.8) is 0 Å². The number of urea groups is 1. The fourth-order valence-electron chi connectivity index (χ4n) is 1.89. The van der Waals surface area contributed by atoms with Crippen LogP contribution in [0.3, 0.4) is 0 Å². The van der Waals surface area contributed by atoms with Crippen LogP contribution in [0.4, 0.5) is 10.6 Å². The lowest BCUT2D eigenvalue weighted by atomic mass is 10.2. The minimum absolute atomic E-state index is 0.221. The first-order valence-electron chi connectivity index (χ1n) is 7.55. The third-order valence-corrected chi connectivity index (χ3v) is 4.37. The van der Waals surface area contributed by atoms with Crippen LogP contribution < -0.4 is 15.5 Å². The maximum atomic E-state index is 11.9. The van der Waals surface area contributed by atoms with E-state index in [1.54, 1.807) is 11.3 Å². The molecule has 0 aromatic carbocycles. The second-order valence-corrected chi connectivity index (χ2v) is 6.64. The molecule has 0 aliphatic rings. The first kappa shape index (κ1) is 17.2. The van der Waals surface area contributed by atoms with Crippen molar-refractivity contribution in [2.24, 2.45) is 0 Å². The topological polar surface area (TPSA) is 70.2 Å². The summed E-state index contributed by atoms with van der Waals surface area (Å²) in [6.45, 7) is 5.04. The lowest BCUT2D eigenvalue weighted by Crippen LogP contribution is -2.34. The Morgan fingerprint density at radius 1 is 1.17 bits per heavy atom. The van der Waals surface area contributed by atoms with Crippen LogP contribution in [0, 0.1) is 0 Å². The molecule has 7 heteroatoms. The standard InChI is InChI=1S/C16H23N5OS/c1-11(2)15-20-13(10-23-15)9-18-16(22)17-8-12-6-5-7-14(19-12)21(3)4/h5-7,10-11H,8-9H2,1-4H3,(H2,17,18,22). The molecule has 2 N–H and O–H groups in total. The van der Waals surface area contributed by atoms with Crippen LogP contribution in [0.2, 0.25) is 0 Å². The molecule has 0 unspecified atom stereocenters. The van der Waals surface area contributed by atoms with Crippen molar-refractivity contribution in [2.75, 3.05) is 19.0 Å². The van der Waals surface area contributed by atoms with E-state index in [0.717, 1.165) is 22.2 Å². The highest BCUT2D eigenvalue weighted by Crippen LogP contribution is 2.18. The van der Waals surface area contributed by atoms with Crippen molar-refractivity contribution in [1.29, 1.82) is 0 Å². The SMILES string of the molecule is CC(C)c1nc(CNC(=O)NCc2cccc(N(C)C)n2)cs1. The molecule has 2 amide bonds. The van der Waals surface area contributed by atoms with Gasteiger partial charge in [-0.3, -0.25) is 0 Å². The molecule has 0 saturated carbocycles. The minimum Gasteiger partial charge on any atom is -0.363 e. The van der Waals surface area contributed by atoms with Gasteiger partial charge in [-0.15, -0.1) is 11.3 Å². The summed E-state index contributed by atoms with van der Waals surface area (Å²) in [5.74, 6) is 1.28. The fourth-order valence-corrected chi connectivity index (χ4v) is 2.72. The summed E-state index contributed by atoms with van der Waals surface area (Å²) in [4.78, 5) is 22.7. The van der Waals surface area contributed by atoms with Crippen molar-refractivity contribution in [1.82, 2.24) is 20.6 Å². The highest BCUT2D eigenvalue weighted by molar-refractivity contribution is 7.09. The number of carbonyl (C=O) groups is 1. The lowest BCUT2D eigenvalue weighted by molar-refractivity contribution is 0.240. The van der Waals surface area contributed by atoms with Crippen LogP contribution in [0.5, 0.6) is 0 Å². The summed E-state index contributed by atoms with van der Waals surface area (Å²) in [7, 11) is 3.87. The number of rotatable bonds is 6. The molecule has 124 valence electrons. The zero-order chi connectivity index (χ0) is 16.8. The van der Waals surface area contributed by atoms with Crippen LogP contribution in [0.15, 0.2) is 23.6 Å². The summed E-state index contributed by atoms with van der Waals surface area (Å²) >= 11 is 1.63. The molecule has 2 aromatic rings. The molecule has 6 nitrogen and oxygen atoms in total. The van der Waals surface area contributed by atoms with Gasteiger partial charge in [-0.05, 0) is 12.1 Å². The predicted octanol–water partition coefficient (Wildman–Crippen LogP) is 2.73. The average molecular weight is 333 g/mol. The highest BCUT2D eigenvalue weighted by atomic mass is 32.1. The molecular formula is C16H23N5OS. The summed E-state index contributed by atoms with van der Waals surface area (Å²) in [6, 6.07) is 5.53. The monoisotopic (exact) mass is 333 g/mol. The molecule has 0 fully saturated rings. The summed E-state index contributed by atoms with van der Waals surface area (Å²) in [6.07, 6.45) is 0. The van der Waals surface area contributed by atoms with Crippen LogP contribution >= 0.6 is 11.3 Å². The maximum absolute atomic E-state index is 11.9. The van der Waals surface area contributed by atoms with E-state index >= 15 is 0 Å². The molecule has 0 radical (unpaired) electrons. The Kier molecular flexibility index (Phi) is 5.92. The van der Waals surface area contributed by atoms with Gasteiger partial charge in [0.25, 0.3) is 0 Å². The van der Waals surface area contributed by atoms with Crippen molar-refractivity contribution in [2.45, 2.75) is 32.9 Å². The normalized spacial score (nSPS) is 10.7. The lowest BCUT2D eigenvalue weighted by Gasteiger charge is -2.12. The molecule has 0 atom stereocenters. The molecule has 0 aliphatic heterocycles. The smallest absolute Gasteiger partial charge is 0.315 e. The van der Waals surface area contributed by atoms with Gasteiger partial charge < -0.3 is 15.5 Å². The molecule has 0 aliphatic carbocycles. The third kappa shape index (κ3) is 5.21. The van der Waals surface area contributed by atoms with Crippen molar-refractivity contribution in [3.8, 4) is 0 Å². The third-order valence-electron chi connectivity index (χ3n) is 3.17. The fraction of sp³-hybridized carbons (Fsp3) is 0.438. The summed E-state index contributed by atoms with van der Waals surface area (Å²) in [5.41, 5.74) is 1.71. The van der Waals surface area contributed by atoms with Gasteiger partial charge in [0.15, 0.2) is 0 Å². The average Bonchev–Trinajstić information content (AvgIpc) is 3.00. The Balaban J connectivity index is 1.79. The zero-order valence-corrected chi connectivity index (χ0v) is 14.8. The zero-order valence-electron chi connectivity index (χ0n) is 14.0. The number of pyridine rings is 1. The predicted molar refractivity (Wildman–Crippen MR) is 93.8 cm³/mol. The van der Waals surface area contributed by atoms with Crippen LogP contribution in [-0.2, 0) is 13.1 Å². The van der Waals surface area contributed by atoms with Gasteiger partial charge in [0, 0.05) is 25.4 Å². The number of thiazole rings is 1. The molecule has 2 rings (SSSR count). The second-order valence-electron chi connectivity index (χ2n) is 5.75. The Labute approximate surface area is 141 Å². The first-order chi connectivity index (χ1) is 11.0. The largest absolute Gasteiger partial charge is 0.363 e. The van der Waals surface area contributed by atoms with Gasteiger partial charge in [-0.25, -0.2) is 14.8 Å². The van der Waals surface area contributed by atoms with Crippen LogP contribution in [0.1, 0.15) is 36.2 Å². The Bertz CT molecular complexity index is 653. The van der Waals surface area contributed by atoms with Gasteiger partial charge in [-0.2, -0.15) is 0 Å². The van der Waals surface area contributed by atoms with E-state index in [-0.39, 0.29) is 6.03 Å². The van der Waals surface area contributed by atoms with Crippen LogP contribution in [0.25, 0.3) is 0 Å². The van der Waals surface area contributed by atoms with Crippen molar-refractivity contribution in [3.05, 3.63) is 40.0 Å². The Morgan fingerprint density at radius 2 is 1.87 bits per heavy atom. The van der Waals surface area contributed by atoms with E-state index in [0.29, 0.717) is 19.0 Å². The summed E-state index contributed by atoms with van der Waals surface area (Å²) < 4.78 is 0. The molecule has 0 spiro atoms. The maximum Gasteiger partial charge on any atom is 0.315 e. The van der Waals surface area contributed by atoms with Gasteiger partial charge in [0.1, 0.15) is 5.82 Å². The van der Waals surface area contributed by atoms with E-state index in [9.17, 15) is 4.79 Å². The number of aromatic nitrogens is 2. The van der Waals surface area contributed by atoms with E-state index < -0.39 is 0 Å². The van der Waals surface area contributed by atoms with Crippen molar-refractivity contribution >= 4 is 23.2 Å². The quantitative estimate of drug-likeness (QED) is 0.853. The first-order valence-corrected chi connectivity index (χ1v) is 8.43. The van der Waals surface area contributed by atoms with Crippen molar-refractivity contribution < 1.29 is 4.79 Å². The van der Waals surface area contributed by atoms with Crippen LogP contribution in [-0.4, -0.2) is 30.1 Å². The van der Waals surface area contributed by atoms with Gasteiger partial charge in [0.05, 0.1) is 29.5 Å². The molecule has 2 heterocycles. The Hall–Kier alpha value is -2.15. The number of anilines is 1. The number of hydrogen-bond donors (Lipinski definition) is 2. The van der Waals surface area contributed by atoms with Gasteiger partial charge in [-0.1, -0.05) is 19.9 Å². The number of carbonyl (C=O) groups excluding carboxylic acids is 1. The van der Waals surface area contributed by atoms with E-state index in [1.807, 2.05) is 42.6 Å². The number of hydrogen-bond acceptors (Lipinski definition) is 5. The van der Waals surface area contributed by atoms with Gasteiger partial charge >= 0.3 is 6.03 Å². The molecular weight excluding hydrogens is 310 g/mol. The van der Waals surface area contributed by atoms with E-state index in [1.165, 1.54) is 0 Å². The number of nitrogens with one attached hydrogen (secondary N) is 2. The Morgan fingerprint density at radius 3 is 2.48 bits per heavy atom. The molecule has 2 aromatic heterocycles. The molecule has 0 saturated heterocycles. The molecule has 23 heavy (non-hydrogen) atoms. The number of nitrogens with zero attached hydrogens (tertiary/aromatic N) is 3. The van der Waals surface area contributed by atoms with E-state index in [2.05, 4.69) is 34.4 Å².